The zero-order valence-electron chi connectivity index (χ0n) is 45.8. The third kappa shape index (κ3) is 55.3. The molecule has 0 amide bonds. The number of esters is 3. The summed E-state index contributed by atoms with van der Waals surface area (Å²) in [4.78, 5) is 38.2. The summed E-state index contributed by atoms with van der Waals surface area (Å²) in [6.45, 7) is 6.47. The van der Waals surface area contributed by atoms with Gasteiger partial charge >= 0.3 is 17.9 Å². The topological polar surface area (TPSA) is 78.9 Å². The van der Waals surface area contributed by atoms with Gasteiger partial charge in [-0.2, -0.15) is 0 Å². The molecule has 0 aliphatic carbocycles. The summed E-state index contributed by atoms with van der Waals surface area (Å²) in [6, 6.07) is 0. The Balaban J connectivity index is 4.48. The van der Waals surface area contributed by atoms with Crippen molar-refractivity contribution in [2.75, 3.05) is 13.2 Å². The number of hydrogen-bond donors (Lipinski definition) is 0. The summed E-state index contributed by atoms with van der Waals surface area (Å²) in [6.07, 6.45) is 76.8. The van der Waals surface area contributed by atoms with Crippen molar-refractivity contribution in [3.8, 4) is 0 Å². The molecule has 0 rings (SSSR count). The number of unbranched alkanes of at least 4 members (excludes halogenated alkanes) is 25. The van der Waals surface area contributed by atoms with Crippen molar-refractivity contribution >= 4 is 17.9 Å². The van der Waals surface area contributed by atoms with E-state index in [9.17, 15) is 14.4 Å². The maximum absolute atomic E-state index is 12.9. The average Bonchev–Trinajstić information content (AvgIpc) is 3.36. The molecule has 0 aromatic carbocycles. The predicted octanol–water partition coefficient (Wildman–Crippen LogP) is 19.7. The summed E-state index contributed by atoms with van der Waals surface area (Å²) >= 11 is 0. The molecule has 1 atom stereocenters. The highest BCUT2D eigenvalue weighted by Crippen LogP contribution is 2.15. The molecule has 0 aromatic heterocycles. The SMILES string of the molecule is CC/C=C\C/C=C\C/C=C\C/C=C\C/C=C\C/C=C\CCCCC(=O)OCC(COC(=O)CCCCCCCCCCCCCCCCC)OC(=O)CCCCCCC/C=C\C/C=C\CCCCCC. The van der Waals surface area contributed by atoms with Crippen LogP contribution in [0.4, 0.5) is 0 Å². The number of carbonyl (C=O) groups is 3. The fourth-order valence-electron chi connectivity index (χ4n) is 7.95. The largest absolute Gasteiger partial charge is 0.462 e. The number of allylic oxidation sites excluding steroid dienone is 16. The van der Waals surface area contributed by atoms with Gasteiger partial charge in [0.25, 0.3) is 0 Å². The van der Waals surface area contributed by atoms with Crippen molar-refractivity contribution in [3.05, 3.63) is 97.2 Å². The lowest BCUT2D eigenvalue weighted by Crippen LogP contribution is -2.30. The second-order valence-electron chi connectivity index (χ2n) is 19.2. The van der Waals surface area contributed by atoms with Crippen LogP contribution in [-0.2, 0) is 28.6 Å². The van der Waals surface area contributed by atoms with Gasteiger partial charge in [-0.3, -0.25) is 14.4 Å². The minimum Gasteiger partial charge on any atom is -0.462 e. The Kier molecular flexibility index (Phi) is 54.9. The standard InChI is InChI=1S/C64H108O6/c1-4-7-10-13-16-19-22-25-28-30-31-32-33-34-37-39-42-45-48-51-54-57-63(66)69-60-61(59-68-62(65)56-53-50-47-44-41-38-35-27-24-21-18-15-12-9-6-3)70-64(67)58-55-52-49-46-43-40-36-29-26-23-20-17-14-11-8-5-2/h7,10,16,19-20,23,25,28-29,31-32,34,36-37,42,45,61H,4-6,8-9,11-15,17-18,21-22,24,26-27,30,33,35,38-41,43-44,46-60H2,1-3H3/b10-7-,19-16-,23-20-,28-25-,32-31-,36-29-,37-34-,45-42-. The molecule has 0 saturated heterocycles. The number of carbonyl (C=O) groups excluding carboxylic acids is 3. The van der Waals surface area contributed by atoms with Gasteiger partial charge in [0.15, 0.2) is 6.10 Å². The van der Waals surface area contributed by atoms with E-state index in [1.54, 1.807) is 0 Å². The van der Waals surface area contributed by atoms with Crippen LogP contribution < -0.4 is 0 Å². The minimum atomic E-state index is -0.803. The fraction of sp³-hybridized carbons (Fsp3) is 0.703. The first-order chi connectivity index (χ1) is 34.5. The molecule has 0 spiro atoms. The fourth-order valence-corrected chi connectivity index (χ4v) is 7.95. The monoisotopic (exact) mass is 973 g/mol. The number of hydrogen-bond acceptors (Lipinski definition) is 6. The normalized spacial score (nSPS) is 12.8. The van der Waals surface area contributed by atoms with Crippen molar-refractivity contribution < 1.29 is 28.6 Å². The van der Waals surface area contributed by atoms with E-state index < -0.39 is 6.10 Å². The van der Waals surface area contributed by atoms with Crippen molar-refractivity contribution in [1.29, 1.82) is 0 Å². The van der Waals surface area contributed by atoms with E-state index >= 15 is 0 Å². The highest BCUT2D eigenvalue weighted by atomic mass is 16.6. The van der Waals surface area contributed by atoms with E-state index in [1.807, 2.05) is 0 Å². The molecule has 0 radical (unpaired) electrons. The van der Waals surface area contributed by atoms with Gasteiger partial charge in [0.05, 0.1) is 0 Å². The van der Waals surface area contributed by atoms with E-state index in [0.29, 0.717) is 19.3 Å². The lowest BCUT2D eigenvalue weighted by Gasteiger charge is -2.18. The van der Waals surface area contributed by atoms with Crippen molar-refractivity contribution in [2.45, 2.75) is 277 Å². The Morgan fingerprint density at radius 1 is 0.300 bits per heavy atom. The van der Waals surface area contributed by atoms with Crippen LogP contribution in [0.5, 0.6) is 0 Å². The van der Waals surface area contributed by atoms with Crippen molar-refractivity contribution in [3.63, 3.8) is 0 Å². The average molecular weight is 974 g/mol. The molecule has 0 aliphatic heterocycles. The van der Waals surface area contributed by atoms with E-state index in [2.05, 4.69) is 118 Å². The summed E-state index contributed by atoms with van der Waals surface area (Å²) < 4.78 is 16.8. The quantitative estimate of drug-likeness (QED) is 0.0262. The molecular formula is C64H108O6. The lowest BCUT2D eigenvalue weighted by molar-refractivity contribution is -0.167. The Hall–Kier alpha value is -3.67. The van der Waals surface area contributed by atoms with Gasteiger partial charge < -0.3 is 14.2 Å². The number of rotatable bonds is 52. The predicted molar refractivity (Wildman–Crippen MR) is 302 cm³/mol. The zero-order valence-corrected chi connectivity index (χ0v) is 45.8. The van der Waals surface area contributed by atoms with Gasteiger partial charge in [-0.05, 0) is 103 Å². The second kappa shape index (κ2) is 57.9. The first-order valence-corrected chi connectivity index (χ1v) is 29.2. The van der Waals surface area contributed by atoms with Gasteiger partial charge in [0, 0.05) is 19.3 Å². The van der Waals surface area contributed by atoms with Crippen LogP contribution >= 0.6 is 0 Å². The first kappa shape index (κ1) is 66.3. The van der Waals surface area contributed by atoms with Crippen LogP contribution in [0, 0.1) is 0 Å². The van der Waals surface area contributed by atoms with E-state index in [-0.39, 0.29) is 31.1 Å². The molecule has 1 unspecified atom stereocenters. The minimum absolute atomic E-state index is 0.0957. The van der Waals surface area contributed by atoms with E-state index in [1.165, 1.54) is 109 Å². The van der Waals surface area contributed by atoms with Crippen LogP contribution in [0.15, 0.2) is 97.2 Å². The molecule has 0 bridgehead atoms. The first-order valence-electron chi connectivity index (χ1n) is 29.2. The van der Waals surface area contributed by atoms with Crippen LogP contribution in [0.1, 0.15) is 271 Å². The summed E-state index contributed by atoms with van der Waals surface area (Å²) in [7, 11) is 0. The molecule has 0 heterocycles. The lowest BCUT2D eigenvalue weighted by atomic mass is 10.0. The smallest absolute Gasteiger partial charge is 0.306 e. The van der Waals surface area contributed by atoms with Crippen molar-refractivity contribution in [1.82, 2.24) is 0 Å². The molecular weight excluding hydrogens is 865 g/mol. The molecule has 6 heteroatoms. The zero-order chi connectivity index (χ0) is 50.7. The van der Waals surface area contributed by atoms with Gasteiger partial charge in [-0.15, -0.1) is 0 Å². The third-order valence-corrected chi connectivity index (χ3v) is 12.3. The van der Waals surface area contributed by atoms with Crippen LogP contribution in [0.2, 0.25) is 0 Å². The molecule has 70 heavy (non-hydrogen) atoms. The van der Waals surface area contributed by atoms with Gasteiger partial charge in [0.1, 0.15) is 13.2 Å². The maximum Gasteiger partial charge on any atom is 0.306 e. The Morgan fingerprint density at radius 3 is 0.914 bits per heavy atom. The summed E-state index contributed by atoms with van der Waals surface area (Å²) in [5.41, 5.74) is 0. The number of ether oxygens (including phenoxy) is 3. The van der Waals surface area contributed by atoms with Crippen LogP contribution in [-0.4, -0.2) is 37.2 Å². The van der Waals surface area contributed by atoms with E-state index in [0.717, 1.165) is 122 Å². The summed E-state index contributed by atoms with van der Waals surface area (Å²) in [5, 5.41) is 0. The van der Waals surface area contributed by atoms with Gasteiger partial charge in [-0.1, -0.05) is 246 Å². The van der Waals surface area contributed by atoms with Crippen molar-refractivity contribution in [2.24, 2.45) is 0 Å². The van der Waals surface area contributed by atoms with Gasteiger partial charge in [-0.25, -0.2) is 0 Å². The summed E-state index contributed by atoms with van der Waals surface area (Å²) in [5.74, 6) is -0.949. The Labute approximate surface area is 432 Å². The van der Waals surface area contributed by atoms with Gasteiger partial charge in [0.2, 0.25) is 0 Å². The Morgan fingerprint density at radius 2 is 0.557 bits per heavy atom. The molecule has 0 N–H and O–H groups in total. The highest BCUT2D eigenvalue weighted by Gasteiger charge is 2.19. The highest BCUT2D eigenvalue weighted by molar-refractivity contribution is 5.71. The molecule has 0 aliphatic rings. The molecule has 400 valence electrons. The molecule has 0 saturated carbocycles. The van der Waals surface area contributed by atoms with Crippen LogP contribution in [0.25, 0.3) is 0 Å². The molecule has 0 aromatic rings. The molecule has 0 fully saturated rings. The van der Waals surface area contributed by atoms with E-state index in [4.69, 9.17) is 14.2 Å². The van der Waals surface area contributed by atoms with Crippen LogP contribution in [0.3, 0.4) is 0 Å². The second-order valence-corrected chi connectivity index (χ2v) is 19.2. The Bertz CT molecular complexity index is 1400. The molecule has 6 nitrogen and oxygen atoms in total. The maximum atomic E-state index is 12.9. The third-order valence-electron chi connectivity index (χ3n) is 12.3.